The molecule has 0 atom stereocenters. The van der Waals surface area contributed by atoms with Gasteiger partial charge in [-0.3, -0.25) is 0 Å². The van der Waals surface area contributed by atoms with Gasteiger partial charge in [-0.15, -0.1) is 0 Å². The molecule has 0 aliphatic heterocycles. The van der Waals surface area contributed by atoms with E-state index in [9.17, 15) is 18.3 Å². The lowest BCUT2D eigenvalue weighted by Gasteiger charge is -2.36. The zero-order valence-corrected chi connectivity index (χ0v) is 12.6. The van der Waals surface area contributed by atoms with Crippen molar-refractivity contribution >= 4 is 11.8 Å². The van der Waals surface area contributed by atoms with Crippen molar-refractivity contribution in [2.45, 2.75) is 54.6 Å². The van der Waals surface area contributed by atoms with E-state index in [0.717, 1.165) is 31.2 Å². The van der Waals surface area contributed by atoms with E-state index in [1.165, 1.54) is 18.6 Å². The van der Waals surface area contributed by atoms with E-state index in [0.29, 0.717) is 6.54 Å². The molecule has 118 valence electrons. The van der Waals surface area contributed by atoms with Crippen molar-refractivity contribution in [3.8, 4) is 0 Å². The number of rotatable bonds is 5. The second-order valence-corrected chi connectivity index (χ2v) is 6.68. The highest BCUT2D eigenvalue weighted by atomic mass is 32.2. The fraction of sp³-hybridized carbons (Fsp3) is 0.600. The number of hydrogen-bond acceptors (Lipinski definition) is 3. The van der Waals surface area contributed by atoms with Crippen LogP contribution in [0.2, 0.25) is 0 Å². The van der Waals surface area contributed by atoms with Crippen LogP contribution in [0.15, 0.2) is 29.2 Å². The summed E-state index contributed by atoms with van der Waals surface area (Å²) in [6.45, 7) is 0.673. The van der Waals surface area contributed by atoms with Crippen LogP contribution in [-0.4, -0.2) is 22.8 Å². The summed E-state index contributed by atoms with van der Waals surface area (Å²) in [5, 5.41) is 13.0. The maximum Gasteiger partial charge on any atom is 0.446 e. The Kier molecular flexibility index (Phi) is 5.57. The third kappa shape index (κ3) is 5.20. The van der Waals surface area contributed by atoms with Gasteiger partial charge >= 0.3 is 5.51 Å². The Morgan fingerprint density at radius 3 is 2.24 bits per heavy atom. The van der Waals surface area contributed by atoms with Gasteiger partial charge in [0.05, 0.1) is 6.61 Å². The first kappa shape index (κ1) is 16.6. The third-order valence-corrected chi connectivity index (χ3v) is 4.68. The normalized spacial score (nSPS) is 18.7. The summed E-state index contributed by atoms with van der Waals surface area (Å²) in [5.41, 5.74) is -3.54. The molecule has 2 rings (SSSR count). The molecule has 1 aromatic rings. The minimum Gasteiger partial charge on any atom is -0.394 e. The third-order valence-electron chi connectivity index (χ3n) is 3.94. The maximum atomic E-state index is 12.3. The molecule has 2 N–H and O–H groups in total. The summed E-state index contributed by atoms with van der Waals surface area (Å²) in [6.07, 6.45) is 5.31. The minimum absolute atomic E-state index is 0.101. The van der Waals surface area contributed by atoms with Crippen molar-refractivity contribution in [2.75, 3.05) is 6.61 Å². The van der Waals surface area contributed by atoms with Crippen LogP contribution in [0.4, 0.5) is 13.2 Å². The van der Waals surface area contributed by atoms with Gasteiger partial charge in [-0.1, -0.05) is 31.4 Å². The van der Waals surface area contributed by atoms with Gasteiger partial charge in [-0.05, 0) is 42.3 Å². The highest BCUT2D eigenvalue weighted by Gasteiger charge is 2.31. The zero-order valence-electron chi connectivity index (χ0n) is 11.7. The summed E-state index contributed by atoms with van der Waals surface area (Å²) in [4.78, 5) is 0.195. The van der Waals surface area contributed by atoms with Crippen molar-refractivity contribution < 1.29 is 18.3 Å². The number of benzene rings is 1. The lowest BCUT2D eigenvalue weighted by molar-refractivity contribution is -0.0328. The molecule has 1 aliphatic rings. The van der Waals surface area contributed by atoms with Crippen molar-refractivity contribution in [1.29, 1.82) is 0 Å². The van der Waals surface area contributed by atoms with E-state index in [1.54, 1.807) is 12.1 Å². The molecule has 1 fully saturated rings. The van der Waals surface area contributed by atoms with Gasteiger partial charge in [0, 0.05) is 17.0 Å². The molecule has 1 aromatic carbocycles. The lowest BCUT2D eigenvalue weighted by Crippen LogP contribution is -2.49. The molecular formula is C15H20F3NOS. The monoisotopic (exact) mass is 319 g/mol. The van der Waals surface area contributed by atoms with Gasteiger partial charge in [0.1, 0.15) is 0 Å². The topological polar surface area (TPSA) is 32.3 Å². The largest absolute Gasteiger partial charge is 0.446 e. The second-order valence-electron chi connectivity index (χ2n) is 5.54. The first-order chi connectivity index (χ1) is 9.92. The summed E-state index contributed by atoms with van der Waals surface area (Å²) < 4.78 is 36.8. The highest BCUT2D eigenvalue weighted by molar-refractivity contribution is 8.00. The molecule has 0 heterocycles. The number of thioether (sulfide) groups is 1. The van der Waals surface area contributed by atoms with E-state index in [1.807, 2.05) is 0 Å². The molecule has 0 saturated heterocycles. The van der Waals surface area contributed by atoms with E-state index >= 15 is 0 Å². The molecular weight excluding hydrogens is 299 g/mol. The molecule has 0 aromatic heterocycles. The Morgan fingerprint density at radius 2 is 1.71 bits per heavy atom. The smallest absolute Gasteiger partial charge is 0.394 e. The van der Waals surface area contributed by atoms with Gasteiger partial charge < -0.3 is 10.4 Å². The molecule has 0 unspecified atom stereocenters. The summed E-state index contributed by atoms with van der Waals surface area (Å²) in [5.74, 6) is 0. The van der Waals surface area contributed by atoms with Crippen molar-refractivity contribution in [1.82, 2.24) is 5.32 Å². The molecule has 1 saturated carbocycles. The van der Waals surface area contributed by atoms with E-state index in [4.69, 9.17) is 0 Å². The van der Waals surface area contributed by atoms with Gasteiger partial charge in [0.2, 0.25) is 0 Å². The number of alkyl halides is 3. The van der Waals surface area contributed by atoms with Crippen LogP contribution in [0.3, 0.4) is 0 Å². The van der Waals surface area contributed by atoms with Crippen LogP contribution in [0.5, 0.6) is 0 Å². The summed E-state index contributed by atoms with van der Waals surface area (Å²) in [7, 11) is 0. The highest BCUT2D eigenvalue weighted by Crippen LogP contribution is 2.36. The van der Waals surface area contributed by atoms with Crippen molar-refractivity contribution in [3.05, 3.63) is 29.8 Å². The zero-order chi connectivity index (χ0) is 15.3. The van der Waals surface area contributed by atoms with Crippen molar-refractivity contribution in [3.63, 3.8) is 0 Å². The van der Waals surface area contributed by atoms with Crippen LogP contribution in [-0.2, 0) is 6.54 Å². The van der Waals surface area contributed by atoms with Crippen LogP contribution in [0.25, 0.3) is 0 Å². The molecule has 21 heavy (non-hydrogen) atoms. The fourth-order valence-corrected chi connectivity index (χ4v) is 3.26. The molecule has 0 radical (unpaired) electrons. The quantitative estimate of drug-likeness (QED) is 0.802. The number of aliphatic hydroxyl groups is 1. The number of halogens is 3. The standard InChI is InChI=1S/C15H20F3NOS/c16-15(17,18)21-13-6-4-12(5-7-13)10-19-14(11-20)8-2-1-3-9-14/h4-7,19-20H,1-3,8-11H2. The lowest BCUT2D eigenvalue weighted by atomic mass is 9.82. The second kappa shape index (κ2) is 7.03. The van der Waals surface area contributed by atoms with E-state index in [-0.39, 0.29) is 28.8 Å². The van der Waals surface area contributed by atoms with Crippen LogP contribution in [0.1, 0.15) is 37.7 Å². The number of nitrogens with one attached hydrogen (secondary N) is 1. The molecule has 1 aliphatic carbocycles. The Labute approximate surface area is 127 Å². The maximum absolute atomic E-state index is 12.3. The average Bonchev–Trinajstić information content (AvgIpc) is 2.46. The molecule has 0 bridgehead atoms. The minimum atomic E-state index is -4.25. The Bertz CT molecular complexity index is 441. The predicted molar refractivity (Wildman–Crippen MR) is 78.1 cm³/mol. The number of hydrogen-bond donors (Lipinski definition) is 2. The van der Waals surface area contributed by atoms with Gasteiger partial charge in [0.15, 0.2) is 0 Å². The SMILES string of the molecule is OCC1(NCc2ccc(SC(F)(F)F)cc2)CCCCC1. The molecule has 6 heteroatoms. The summed E-state index contributed by atoms with van der Waals surface area (Å²) in [6, 6.07) is 6.38. The van der Waals surface area contributed by atoms with Crippen LogP contribution in [0, 0.1) is 0 Å². The molecule has 2 nitrogen and oxygen atoms in total. The molecule has 0 spiro atoms. The first-order valence-electron chi connectivity index (χ1n) is 7.13. The van der Waals surface area contributed by atoms with E-state index < -0.39 is 5.51 Å². The van der Waals surface area contributed by atoms with Gasteiger partial charge in [-0.25, -0.2) is 0 Å². The summed E-state index contributed by atoms with van der Waals surface area (Å²) >= 11 is -0.101. The predicted octanol–water partition coefficient (Wildman–Crippen LogP) is 4.08. The first-order valence-corrected chi connectivity index (χ1v) is 7.95. The van der Waals surface area contributed by atoms with Crippen LogP contribution >= 0.6 is 11.8 Å². The van der Waals surface area contributed by atoms with Gasteiger partial charge in [-0.2, -0.15) is 13.2 Å². The molecule has 0 amide bonds. The Hall–Kier alpha value is -0.720. The van der Waals surface area contributed by atoms with E-state index in [2.05, 4.69) is 5.32 Å². The average molecular weight is 319 g/mol. The fourth-order valence-electron chi connectivity index (χ4n) is 2.72. The van der Waals surface area contributed by atoms with Crippen molar-refractivity contribution in [2.24, 2.45) is 0 Å². The Morgan fingerprint density at radius 1 is 1.10 bits per heavy atom. The van der Waals surface area contributed by atoms with Crippen LogP contribution < -0.4 is 5.32 Å². The number of aliphatic hydroxyl groups excluding tert-OH is 1. The van der Waals surface area contributed by atoms with Gasteiger partial charge in [0.25, 0.3) is 0 Å². The Balaban J connectivity index is 1.91.